The third-order valence-corrected chi connectivity index (χ3v) is 7.26. The van der Waals surface area contributed by atoms with Crippen molar-refractivity contribution in [1.29, 1.82) is 0 Å². The van der Waals surface area contributed by atoms with Crippen LogP contribution < -0.4 is 10.1 Å². The molecule has 0 amide bonds. The Labute approximate surface area is 175 Å². The molecule has 0 unspecified atom stereocenters. The number of rotatable bonds is 8. The molecule has 1 aliphatic heterocycles. The molecular weight excluding hydrogens is 394 g/mol. The van der Waals surface area contributed by atoms with Gasteiger partial charge in [0, 0.05) is 36.9 Å². The molecule has 1 aliphatic rings. The highest BCUT2D eigenvalue weighted by molar-refractivity contribution is 7.91. The lowest BCUT2D eigenvalue weighted by Crippen LogP contribution is -2.49. The van der Waals surface area contributed by atoms with Gasteiger partial charge in [0.25, 0.3) is 0 Å². The van der Waals surface area contributed by atoms with Crippen molar-refractivity contribution < 1.29 is 13.2 Å². The van der Waals surface area contributed by atoms with E-state index < -0.39 is 9.84 Å². The molecule has 6 nitrogen and oxygen atoms in total. The minimum absolute atomic E-state index is 0.0792. The SMILES string of the molecule is COc1ccc(NC(=S)N(CCN(C(C)C)C(C)C)[C@@H]2CCS(=O)(=O)C2)cc1. The van der Waals surface area contributed by atoms with Crippen LogP contribution in [0, 0.1) is 0 Å². The molecule has 1 N–H and O–H groups in total. The van der Waals surface area contributed by atoms with Crippen molar-refractivity contribution >= 4 is 32.9 Å². The average Bonchev–Trinajstić information content (AvgIpc) is 2.98. The number of thiocarbonyl (C=S) groups is 1. The normalized spacial score (nSPS) is 18.6. The topological polar surface area (TPSA) is 61.9 Å². The minimum Gasteiger partial charge on any atom is -0.497 e. The summed E-state index contributed by atoms with van der Waals surface area (Å²) in [6.45, 7) is 10.2. The molecule has 1 aromatic carbocycles. The van der Waals surface area contributed by atoms with Crippen LogP contribution in [-0.4, -0.2) is 73.2 Å². The molecule has 1 saturated heterocycles. The number of hydrogen-bond donors (Lipinski definition) is 1. The molecule has 0 bridgehead atoms. The van der Waals surface area contributed by atoms with E-state index in [1.165, 1.54) is 0 Å². The molecule has 158 valence electrons. The lowest BCUT2D eigenvalue weighted by molar-refractivity contribution is 0.155. The third-order valence-electron chi connectivity index (χ3n) is 5.18. The van der Waals surface area contributed by atoms with E-state index in [1.807, 2.05) is 24.3 Å². The Morgan fingerprint density at radius 3 is 2.25 bits per heavy atom. The van der Waals surface area contributed by atoms with Crippen LogP contribution in [0.2, 0.25) is 0 Å². The largest absolute Gasteiger partial charge is 0.497 e. The number of ether oxygens (including phenoxy) is 1. The number of benzene rings is 1. The van der Waals surface area contributed by atoms with Gasteiger partial charge in [-0.3, -0.25) is 4.90 Å². The van der Waals surface area contributed by atoms with Crippen molar-refractivity contribution in [3.05, 3.63) is 24.3 Å². The Balaban J connectivity index is 2.13. The van der Waals surface area contributed by atoms with E-state index in [9.17, 15) is 8.42 Å². The number of methoxy groups -OCH3 is 1. The van der Waals surface area contributed by atoms with Crippen LogP contribution in [0.15, 0.2) is 24.3 Å². The van der Waals surface area contributed by atoms with Gasteiger partial charge in [-0.1, -0.05) is 0 Å². The van der Waals surface area contributed by atoms with Crippen molar-refractivity contribution in [2.75, 3.05) is 37.0 Å². The maximum Gasteiger partial charge on any atom is 0.173 e. The number of sulfone groups is 1. The summed E-state index contributed by atoms with van der Waals surface area (Å²) in [6, 6.07) is 8.30. The second-order valence-corrected chi connectivity index (χ2v) is 10.4. The number of nitrogens with one attached hydrogen (secondary N) is 1. The molecule has 0 aromatic heterocycles. The molecule has 8 heteroatoms. The zero-order chi connectivity index (χ0) is 20.9. The number of hydrogen-bond acceptors (Lipinski definition) is 5. The maximum atomic E-state index is 12.0. The van der Waals surface area contributed by atoms with Crippen molar-refractivity contribution in [2.24, 2.45) is 0 Å². The van der Waals surface area contributed by atoms with Crippen molar-refractivity contribution in [1.82, 2.24) is 9.80 Å². The van der Waals surface area contributed by atoms with E-state index in [4.69, 9.17) is 17.0 Å². The van der Waals surface area contributed by atoms with Crippen LogP contribution in [0.4, 0.5) is 5.69 Å². The van der Waals surface area contributed by atoms with Crippen molar-refractivity contribution in [2.45, 2.75) is 52.2 Å². The second kappa shape index (κ2) is 9.89. The lowest BCUT2D eigenvalue weighted by atomic mass is 10.2. The minimum atomic E-state index is -2.99. The molecule has 0 aliphatic carbocycles. The molecule has 0 radical (unpaired) electrons. The van der Waals surface area contributed by atoms with E-state index in [1.54, 1.807) is 7.11 Å². The summed E-state index contributed by atoms with van der Waals surface area (Å²) in [7, 11) is -1.36. The van der Waals surface area contributed by atoms with Gasteiger partial charge in [-0.2, -0.15) is 0 Å². The van der Waals surface area contributed by atoms with E-state index >= 15 is 0 Å². The Bertz CT molecular complexity index is 740. The predicted octanol–water partition coefficient (Wildman–Crippen LogP) is 3.00. The quantitative estimate of drug-likeness (QED) is 0.640. The second-order valence-electron chi connectivity index (χ2n) is 7.83. The fourth-order valence-electron chi connectivity index (χ4n) is 3.68. The van der Waals surface area contributed by atoms with Gasteiger partial charge in [0.1, 0.15) is 5.75 Å². The van der Waals surface area contributed by atoms with E-state index in [-0.39, 0.29) is 17.5 Å². The summed E-state index contributed by atoms with van der Waals surface area (Å²) in [5.41, 5.74) is 0.862. The van der Waals surface area contributed by atoms with E-state index in [0.717, 1.165) is 18.0 Å². The molecule has 1 heterocycles. The molecule has 28 heavy (non-hydrogen) atoms. The highest BCUT2D eigenvalue weighted by atomic mass is 32.2. The van der Waals surface area contributed by atoms with Gasteiger partial charge in [0.15, 0.2) is 14.9 Å². The molecule has 1 fully saturated rings. The number of nitrogens with zero attached hydrogens (tertiary/aromatic N) is 2. The van der Waals surface area contributed by atoms with Gasteiger partial charge < -0.3 is 15.0 Å². The summed E-state index contributed by atoms with van der Waals surface area (Å²) in [5, 5.41) is 3.84. The zero-order valence-electron chi connectivity index (χ0n) is 17.5. The zero-order valence-corrected chi connectivity index (χ0v) is 19.1. The predicted molar refractivity (Wildman–Crippen MR) is 120 cm³/mol. The summed E-state index contributed by atoms with van der Waals surface area (Å²) < 4.78 is 29.3. The van der Waals surface area contributed by atoms with Crippen LogP contribution in [-0.2, 0) is 9.84 Å². The molecule has 2 rings (SSSR count). The summed E-state index contributed by atoms with van der Waals surface area (Å²) >= 11 is 5.68. The van der Waals surface area contributed by atoms with Gasteiger partial charge in [-0.15, -0.1) is 0 Å². The molecule has 1 atom stereocenters. The summed E-state index contributed by atoms with van der Waals surface area (Å²) in [6.07, 6.45) is 0.621. The first-order valence-electron chi connectivity index (χ1n) is 9.81. The Morgan fingerprint density at radius 2 is 1.79 bits per heavy atom. The molecular formula is C20H33N3O3S2. The van der Waals surface area contributed by atoms with E-state index in [2.05, 4.69) is 42.8 Å². The van der Waals surface area contributed by atoms with Crippen LogP contribution in [0.1, 0.15) is 34.1 Å². The van der Waals surface area contributed by atoms with Gasteiger partial charge in [-0.05, 0) is 70.6 Å². The summed E-state index contributed by atoms with van der Waals surface area (Å²) in [4.78, 5) is 4.45. The highest BCUT2D eigenvalue weighted by Gasteiger charge is 2.33. The van der Waals surface area contributed by atoms with E-state index in [0.29, 0.717) is 30.2 Å². The first-order chi connectivity index (χ1) is 13.1. The third kappa shape index (κ3) is 6.32. The Kier molecular flexibility index (Phi) is 8.09. The first kappa shape index (κ1) is 22.9. The van der Waals surface area contributed by atoms with Gasteiger partial charge in [-0.25, -0.2) is 8.42 Å². The molecule has 0 spiro atoms. The Hall–Kier alpha value is -1.38. The van der Waals surface area contributed by atoms with Crippen LogP contribution in [0.5, 0.6) is 5.75 Å². The van der Waals surface area contributed by atoms with Crippen LogP contribution in [0.25, 0.3) is 0 Å². The fourth-order valence-corrected chi connectivity index (χ4v) is 5.77. The first-order valence-corrected chi connectivity index (χ1v) is 12.0. The van der Waals surface area contributed by atoms with Crippen molar-refractivity contribution in [3.63, 3.8) is 0 Å². The fraction of sp³-hybridized carbons (Fsp3) is 0.650. The number of anilines is 1. The summed E-state index contributed by atoms with van der Waals surface area (Å²) in [5.74, 6) is 1.18. The lowest BCUT2D eigenvalue weighted by Gasteiger charge is -2.36. The molecule has 0 saturated carbocycles. The Morgan fingerprint density at radius 1 is 1.18 bits per heavy atom. The molecule has 1 aromatic rings. The maximum absolute atomic E-state index is 12.0. The van der Waals surface area contributed by atoms with Crippen molar-refractivity contribution in [3.8, 4) is 5.75 Å². The van der Waals surface area contributed by atoms with Crippen LogP contribution in [0.3, 0.4) is 0 Å². The van der Waals surface area contributed by atoms with Gasteiger partial charge in [0.05, 0.1) is 18.6 Å². The van der Waals surface area contributed by atoms with Gasteiger partial charge >= 0.3 is 0 Å². The van der Waals surface area contributed by atoms with Crippen LogP contribution >= 0.6 is 12.2 Å². The standard InChI is InChI=1S/C20H33N3O3S2/c1-15(2)22(16(3)4)11-12-23(18-10-13-28(24,25)14-18)20(27)21-17-6-8-19(26-5)9-7-17/h6-9,15-16,18H,10-14H2,1-5H3,(H,21,27)/t18-/m1/s1. The van der Waals surface area contributed by atoms with Gasteiger partial charge in [0.2, 0.25) is 0 Å². The average molecular weight is 428 g/mol. The monoisotopic (exact) mass is 427 g/mol. The highest BCUT2D eigenvalue weighted by Crippen LogP contribution is 2.21. The smallest absolute Gasteiger partial charge is 0.173 e.